The zero-order valence-electron chi connectivity index (χ0n) is 22.8. The Kier molecular flexibility index (Phi) is 7.35. The number of nitrogens with two attached hydrogens (primary N) is 1. The lowest BCUT2D eigenvalue weighted by Crippen LogP contribution is -2.40. The van der Waals surface area contributed by atoms with E-state index < -0.39 is 29.4 Å². The Morgan fingerprint density at radius 3 is 2.36 bits per heavy atom. The van der Waals surface area contributed by atoms with E-state index in [1.165, 1.54) is 34.2 Å². The second kappa shape index (κ2) is 11.1. The second-order valence-corrected chi connectivity index (χ2v) is 11.3. The summed E-state index contributed by atoms with van der Waals surface area (Å²) < 4.78 is 42.8. The Labute approximate surface area is 243 Å². The topological polar surface area (TPSA) is 105 Å². The number of hydrogen-bond acceptors (Lipinski definition) is 8. The summed E-state index contributed by atoms with van der Waals surface area (Å²) in [5.41, 5.74) is 6.32. The molecule has 12 heteroatoms. The molecule has 6 rings (SSSR count). The third-order valence-electron chi connectivity index (χ3n) is 6.96. The highest BCUT2D eigenvalue weighted by molar-refractivity contribution is 7.22. The van der Waals surface area contributed by atoms with Gasteiger partial charge in [-0.15, -0.1) is 11.3 Å². The molecule has 2 N–H and O–H groups in total. The summed E-state index contributed by atoms with van der Waals surface area (Å²) in [6.07, 6.45) is 1.34. The van der Waals surface area contributed by atoms with E-state index in [-0.39, 0.29) is 22.9 Å². The first kappa shape index (κ1) is 27.8. The molecule has 0 radical (unpaired) electrons. The summed E-state index contributed by atoms with van der Waals surface area (Å²) in [6, 6.07) is 13.8. The summed E-state index contributed by atoms with van der Waals surface area (Å²) >= 11 is 1.22. The number of aromatic nitrogens is 3. The zero-order valence-corrected chi connectivity index (χ0v) is 23.7. The van der Waals surface area contributed by atoms with Gasteiger partial charge in [0.15, 0.2) is 0 Å². The minimum Gasteiger partial charge on any atom is -0.484 e. The minimum atomic E-state index is -0.795. The first-order valence-corrected chi connectivity index (χ1v) is 14.0. The van der Waals surface area contributed by atoms with Crippen LogP contribution < -0.4 is 21.7 Å². The lowest BCUT2D eigenvalue weighted by molar-refractivity contribution is -0.0798. The summed E-state index contributed by atoms with van der Waals surface area (Å²) in [5.74, 6) is -1.07. The van der Waals surface area contributed by atoms with E-state index in [0.29, 0.717) is 41.6 Å². The quantitative estimate of drug-likeness (QED) is 0.272. The lowest BCUT2D eigenvalue weighted by atomic mass is 10.1. The van der Waals surface area contributed by atoms with E-state index in [9.17, 15) is 18.4 Å². The largest absolute Gasteiger partial charge is 0.484 e. The van der Waals surface area contributed by atoms with Gasteiger partial charge in [-0.05, 0) is 61.6 Å². The highest BCUT2D eigenvalue weighted by atomic mass is 32.1. The normalized spacial score (nSPS) is 13.5. The van der Waals surface area contributed by atoms with Crippen LogP contribution in [0, 0.1) is 11.6 Å². The average molecular weight is 592 g/mol. The Balaban J connectivity index is 1.62. The summed E-state index contributed by atoms with van der Waals surface area (Å²) in [6.45, 7) is 0.877. The maximum absolute atomic E-state index is 14.8. The molecule has 0 amide bonds. The van der Waals surface area contributed by atoms with Gasteiger partial charge in [-0.3, -0.25) is 9.36 Å². The Morgan fingerprint density at radius 1 is 1.05 bits per heavy atom. The van der Waals surface area contributed by atoms with Crippen molar-refractivity contribution >= 4 is 27.2 Å². The standard InChI is InChI=1S/C30H27F2N5O4S/c1-35(2)13-22-26-28(38)37(25-11-10-19(12-34-25)41-20-15-40-16-20)30(39)36(14-21-23(31)4-3-5-24(21)32)29(26)42-27(22)17-6-8-18(33)9-7-17/h3-12,20H,13-16,33H2,1-2H3. The molecule has 1 fully saturated rings. The van der Waals surface area contributed by atoms with E-state index in [0.717, 1.165) is 27.1 Å². The molecule has 0 atom stereocenters. The van der Waals surface area contributed by atoms with Gasteiger partial charge >= 0.3 is 5.69 Å². The number of rotatable bonds is 8. The summed E-state index contributed by atoms with van der Waals surface area (Å²) in [5, 5.41) is 0.269. The molecule has 5 aromatic rings. The molecular formula is C30H27F2N5O4S. The van der Waals surface area contributed by atoms with Gasteiger partial charge in [0.2, 0.25) is 0 Å². The molecule has 0 bridgehead atoms. The van der Waals surface area contributed by atoms with Gasteiger partial charge in [0.05, 0.1) is 31.3 Å². The predicted octanol–water partition coefficient (Wildman–Crippen LogP) is 4.02. The monoisotopic (exact) mass is 591 g/mol. The molecule has 0 saturated carbocycles. The van der Waals surface area contributed by atoms with Crippen molar-refractivity contribution in [2.24, 2.45) is 0 Å². The lowest BCUT2D eigenvalue weighted by Gasteiger charge is -2.26. The number of nitrogens with zero attached hydrogens (tertiary/aromatic N) is 4. The highest BCUT2D eigenvalue weighted by Gasteiger charge is 2.26. The fourth-order valence-electron chi connectivity index (χ4n) is 4.84. The van der Waals surface area contributed by atoms with Crippen molar-refractivity contribution in [1.29, 1.82) is 0 Å². The van der Waals surface area contributed by atoms with Crippen molar-refractivity contribution in [3.8, 4) is 22.0 Å². The first-order valence-electron chi connectivity index (χ1n) is 13.2. The fourth-order valence-corrected chi connectivity index (χ4v) is 6.14. The van der Waals surface area contributed by atoms with Crippen LogP contribution >= 0.6 is 11.3 Å². The van der Waals surface area contributed by atoms with Crippen molar-refractivity contribution in [3.05, 3.63) is 104 Å². The number of ether oxygens (including phenoxy) is 2. The van der Waals surface area contributed by atoms with Crippen LogP contribution in [0.25, 0.3) is 26.5 Å². The second-order valence-electron chi connectivity index (χ2n) is 10.3. The predicted molar refractivity (Wildman–Crippen MR) is 157 cm³/mol. The first-order chi connectivity index (χ1) is 20.2. The van der Waals surface area contributed by atoms with Crippen LogP contribution in [-0.4, -0.2) is 52.4 Å². The van der Waals surface area contributed by atoms with E-state index in [1.807, 2.05) is 31.1 Å². The van der Waals surface area contributed by atoms with Crippen molar-refractivity contribution in [2.45, 2.75) is 19.2 Å². The van der Waals surface area contributed by atoms with Gasteiger partial charge in [0.25, 0.3) is 5.56 Å². The summed E-state index contributed by atoms with van der Waals surface area (Å²) in [7, 11) is 3.74. The van der Waals surface area contributed by atoms with Gasteiger partial charge in [0, 0.05) is 22.7 Å². The molecule has 1 saturated heterocycles. The molecule has 2 aromatic carbocycles. The van der Waals surface area contributed by atoms with E-state index in [4.69, 9.17) is 15.2 Å². The van der Waals surface area contributed by atoms with E-state index >= 15 is 0 Å². The van der Waals surface area contributed by atoms with Crippen LogP contribution in [0.3, 0.4) is 0 Å². The molecule has 0 spiro atoms. The Morgan fingerprint density at radius 2 is 1.76 bits per heavy atom. The van der Waals surface area contributed by atoms with Gasteiger partial charge < -0.3 is 20.1 Å². The highest BCUT2D eigenvalue weighted by Crippen LogP contribution is 2.38. The van der Waals surface area contributed by atoms with Gasteiger partial charge in [-0.1, -0.05) is 18.2 Å². The van der Waals surface area contributed by atoms with Crippen LogP contribution in [0.1, 0.15) is 11.1 Å². The molecular weight excluding hydrogens is 564 g/mol. The van der Waals surface area contributed by atoms with Gasteiger partial charge in [0.1, 0.15) is 34.1 Å². The number of thiophene rings is 1. The summed E-state index contributed by atoms with van der Waals surface area (Å²) in [4.78, 5) is 35.5. The molecule has 4 heterocycles. The molecule has 3 aromatic heterocycles. The average Bonchev–Trinajstić information content (AvgIpc) is 3.30. The molecule has 1 aliphatic heterocycles. The molecule has 216 valence electrons. The smallest absolute Gasteiger partial charge is 0.338 e. The van der Waals surface area contributed by atoms with Crippen molar-refractivity contribution in [3.63, 3.8) is 0 Å². The number of benzene rings is 2. The van der Waals surface area contributed by atoms with Crippen LogP contribution in [0.5, 0.6) is 5.75 Å². The van der Waals surface area contributed by atoms with Crippen molar-refractivity contribution in [1.82, 2.24) is 19.0 Å². The third-order valence-corrected chi connectivity index (χ3v) is 8.26. The van der Waals surface area contributed by atoms with Crippen molar-refractivity contribution < 1.29 is 18.3 Å². The van der Waals surface area contributed by atoms with E-state index in [2.05, 4.69) is 4.98 Å². The van der Waals surface area contributed by atoms with Gasteiger partial charge in [-0.25, -0.2) is 23.1 Å². The Hall–Kier alpha value is -4.39. The van der Waals surface area contributed by atoms with Crippen LogP contribution in [-0.2, 0) is 17.8 Å². The van der Waals surface area contributed by atoms with Crippen molar-refractivity contribution in [2.75, 3.05) is 33.0 Å². The molecule has 9 nitrogen and oxygen atoms in total. The maximum atomic E-state index is 14.8. The maximum Gasteiger partial charge on any atom is 0.338 e. The van der Waals surface area contributed by atoms with Crippen LogP contribution in [0.4, 0.5) is 14.5 Å². The zero-order chi connectivity index (χ0) is 29.5. The number of halogens is 2. The SMILES string of the molecule is CN(C)Cc1c(-c2ccc(N)cc2)sc2c1c(=O)n(-c1ccc(OC3COC3)cn1)c(=O)n2Cc1c(F)cccc1F. The third kappa shape index (κ3) is 5.08. The number of pyridine rings is 1. The molecule has 1 aliphatic rings. The van der Waals surface area contributed by atoms with Gasteiger partial charge in [-0.2, -0.15) is 0 Å². The molecule has 0 aliphatic carbocycles. The number of nitrogen functional groups attached to an aromatic ring is 1. The minimum absolute atomic E-state index is 0.0582. The Bertz CT molecular complexity index is 1880. The fraction of sp³-hybridized carbons (Fsp3) is 0.233. The number of anilines is 1. The number of fused-ring (bicyclic) bond motifs is 1. The van der Waals surface area contributed by atoms with Crippen LogP contribution in [0.15, 0.2) is 70.4 Å². The number of hydrogen-bond donors (Lipinski definition) is 1. The van der Waals surface area contributed by atoms with Crippen LogP contribution in [0.2, 0.25) is 0 Å². The van der Waals surface area contributed by atoms with E-state index in [1.54, 1.807) is 18.2 Å². The molecule has 0 unspecified atom stereocenters. The molecule has 42 heavy (non-hydrogen) atoms.